The molecule has 1 unspecified atom stereocenters. The molecule has 3 rings (SSSR count). The molecule has 104 valence electrons. The van der Waals surface area contributed by atoms with Crippen molar-refractivity contribution in [2.24, 2.45) is 0 Å². The van der Waals surface area contributed by atoms with Crippen molar-refractivity contribution in [2.45, 2.75) is 13.0 Å². The van der Waals surface area contributed by atoms with Crippen molar-refractivity contribution in [3.8, 4) is 5.75 Å². The molecule has 4 nitrogen and oxygen atoms in total. The lowest BCUT2D eigenvalue weighted by Crippen LogP contribution is -2.58. The highest BCUT2D eigenvalue weighted by atomic mass is 16.5. The highest BCUT2D eigenvalue weighted by Crippen LogP contribution is 2.31. The second-order valence-corrected chi connectivity index (χ2v) is 5.39. The van der Waals surface area contributed by atoms with Crippen molar-refractivity contribution in [1.29, 1.82) is 0 Å². The highest BCUT2D eigenvalue weighted by Gasteiger charge is 2.30. The Hall–Kier alpha value is -1.26. The molecule has 0 bridgehead atoms. The molecule has 4 heteroatoms. The predicted molar refractivity (Wildman–Crippen MR) is 76.1 cm³/mol. The molecular weight excluding hydrogens is 240 g/mol. The number of anilines is 1. The summed E-state index contributed by atoms with van der Waals surface area (Å²) in [6.45, 7) is 8.11. The van der Waals surface area contributed by atoms with E-state index in [9.17, 15) is 0 Å². The van der Waals surface area contributed by atoms with E-state index >= 15 is 0 Å². The first-order chi connectivity index (χ1) is 9.28. The Morgan fingerprint density at radius 1 is 1.26 bits per heavy atom. The fraction of sp³-hybridized carbons (Fsp3) is 0.600. The number of aryl methyl sites for hydroxylation is 1. The highest BCUT2D eigenvalue weighted by molar-refractivity contribution is 5.60. The van der Waals surface area contributed by atoms with E-state index in [1.54, 1.807) is 7.11 Å². The fourth-order valence-electron chi connectivity index (χ4n) is 3.01. The zero-order valence-corrected chi connectivity index (χ0v) is 11.8. The van der Waals surface area contributed by atoms with E-state index in [2.05, 4.69) is 34.9 Å². The molecule has 2 aliphatic heterocycles. The van der Waals surface area contributed by atoms with Gasteiger partial charge in [0.05, 0.1) is 32.1 Å². The van der Waals surface area contributed by atoms with E-state index in [1.807, 2.05) is 0 Å². The zero-order valence-electron chi connectivity index (χ0n) is 11.8. The fourth-order valence-corrected chi connectivity index (χ4v) is 3.01. The molecule has 0 saturated carbocycles. The summed E-state index contributed by atoms with van der Waals surface area (Å²) in [5, 5.41) is 0. The monoisotopic (exact) mass is 262 g/mol. The topological polar surface area (TPSA) is 24.9 Å². The summed E-state index contributed by atoms with van der Waals surface area (Å²) in [6.07, 6.45) is 0. The molecule has 0 aromatic heterocycles. The van der Waals surface area contributed by atoms with Crippen LogP contribution in [0, 0.1) is 6.92 Å². The third-order valence-corrected chi connectivity index (χ3v) is 4.11. The minimum atomic E-state index is 0.522. The number of morpholine rings is 1. The van der Waals surface area contributed by atoms with Gasteiger partial charge in [0.25, 0.3) is 0 Å². The van der Waals surface area contributed by atoms with Gasteiger partial charge in [-0.15, -0.1) is 0 Å². The summed E-state index contributed by atoms with van der Waals surface area (Å²) in [6, 6.07) is 6.96. The van der Waals surface area contributed by atoms with E-state index < -0.39 is 0 Å². The van der Waals surface area contributed by atoms with E-state index in [-0.39, 0.29) is 0 Å². The van der Waals surface area contributed by atoms with Gasteiger partial charge in [-0.05, 0) is 24.6 Å². The first-order valence-electron chi connectivity index (χ1n) is 6.99. The van der Waals surface area contributed by atoms with Gasteiger partial charge in [0.15, 0.2) is 0 Å². The van der Waals surface area contributed by atoms with Crippen molar-refractivity contribution in [1.82, 2.24) is 4.90 Å². The van der Waals surface area contributed by atoms with Crippen LogP contribution in [0.25, 0.3) is 0 Å². The van der Waals surface area contributed by atoms with E-state index in [0.29, 0.717) is 6.04 Å². The SMILES string of the molecule is COc1cc(C)ccc1N1CCN2CCOCC2C1. The number of piperazine rings is 1. The minimum absolute atomic E-state index is 0.522. The molecule has 1 aromatic rings. The van der Waals surface area contributed by atoms with Crippen LogP contribution >= 0.6 is 0 Å². The average Bonchev–Trinajstić information content (AvgIpc) is 2.46. The lowest BCUT2D eigenvalue weighted by molar-refractivity contribution is -0.0117. The van der Waals surface area contributed by atoms with Crippen LogP contribution in [0.3, 0.4) is 0 Å². The number of rotatable bonds is 2. The Kier molecular flexibility index (Phi) is 3.62. The molecule has 0 N–H and O–H groups in total. The molecular formula is C15H22N2O2. The van der Waals surface area contributed by atoms with Crippen LogP contribution in [0.5, 0.6) is 5.75 Å². The van der Waals surface area contributed by atoms with Gasteiger partial charge < -0.3 is 14.4 Å². The van der Waals surface area contributed by atoms with Crippen LogP contribution < -0.4 is 9.64 Å². The smallest absolute Gasteiger partial charge is 0.142 e. The zero-order chi connectivity index (χ0) is 13.2. The summed E-state index contributed by atoms with van der Waals surface area (Å²) >= 11 is 0. The maximum Gasteiger partial charge on any atom is 0.142 e. The number of benzene rings is 1. The molecule has 0 spiro atoms. The molecule has 2 heterocycles. The van der Waals surface area contributed by atoms with Gasteiger partial charge in [-0.2, -0.15) is 0 Å². The number of nitrogens with zero attached hydrogens (tertiary/aromatic N) is 2. The quantitative estimate of drug-likeness (QED) is 0.807. The van der Waals surface area contributed by atoms with Crippen molar-refractivity contribution in [2.75, 3.05) is 51.4 Å². The van der Waals surface area contributed by atoms with Crippen molar-refractivity contribution >= 4 is 5.69 Å². The van der Waals surface area contributed by atoms with E-state index in [0.717, 1.165) is 45.1 Å². The van der Waals surface area contributed by atoms with Gasteiger partial charge in [0.2, 0.25) is 0 Å². The maximum atomic E-state index is 5.60. The van der Waals surface area contributed by atoms with E-state index in [4.69, 9.17) is 9.47 Å². The second-order valence-electron chi connectivity index (χ2n) is 5.39. The third kappa shape index (κ3) is 2.55. The first kappa shape index (κ1) is 12.8. The Morgan fingerprint density at radius 3 is 3.00 bits per heavy atom. The van der Waals surface area contributed by atoms with Crippen LogP contribution in [0.15, 0.2) is 18.2 Å². The Labute approximate surface area is 114 Å². The lowest BCUT2D eigenvalue weighted by Gasteiger charge is -2.44. The lowest BCUT2D eigenvalue weighted by atomic mass is 10.1. The Bertz CT molecular complexity index is 450. The van der Waals surface area contributed by atoms with Gasteiger partial charge in [-0.1, -0.05) is 6.07 Å². The summed E-state index contributed by atoms with van der Waals surface area (Å²) in [5.74, 6) is 0.977. The van der Waals surface area contributed by atoms with Gasteiger partial charge in [0, 0.05) is 26.2 Å². The van der Waals surface area contributed by atoms with Crippen molar-refractivity contribution < 1.29 is 9.47 Å². The van der Waals surface area contributed by atoms with Crippen LogP contribution in [0.1, 0.15) is 5.56 Å². The summed E-state index contributed by atoms with van der Waals surface area (Å²) < 4.78 is 11.1. The Balaban J connectivity index is 1.79. The average molecular weight is 262 g/mol. The predicted octanol–water partition coefficient (Wildman–Crippen LogP) is 1.52. The third-order valence-electron chi connectivity index (χ3n) is 4.11. The van der Waals surface area contributed by atoms with Crippen molar-refractivity contribution in [3.05, 3.63) is 23.8 Å². The largest absolute Gasteiger partial charge is 0.495 e. The minimum Gasteiger partial charge on any atom is -0.495 e. The molecule has 1 aromatic carbocycles. The van der Waals surface area contributed by atoms with Crippen LogP contribution in [0.2, 0.25) is 0 Å². The van der Waals surface area contributed by atoms with Crippen LogP contribution in [-0.4, -0.2) is 57.4 Å². The second kappa shape index (κ2) is 5.39. The van der Waals surface area contributed by atoms with Gasteiger partial charge in [-0.3, -0.25) is 4.90 Å². The molecule has 1 atom stereocenters. The van der Waals surface area contributed by atoms with Gasteiger partial charge in [-0.25, -0.2) is 0 Å². The molecule has 0 aliphatic carbocycles. The van der Waals surface area contributed by atoms with Crippen LogP contribution in [0.4, 0.5) is 5.69 Å². The molecule has 2 aliphatic rings. The first-order valence-corrected chi connectivity index (χ1v) is 6.99. The number of hydrogen-bond donors (Lipinski definition) is 0. The summed E-state index contributed by atoms with van der Waals surface area (Å²) in [5.41, 5.74) is 2.44. The summed E-state index contributed by atoms with van der Waals surface area (Å²) in [4.78, 5) is 4.97. The van der Waals surface area contributed by atoms with Gasteiger partial charge in [0.1, 0.15) is 5.75 Å². The molecule has 0 amide bonds. The van der Waals surface area contributed by atoms with Crippen LogP contribution in [-0.2, 0) is 4.74 Å². The molecule has 2 fully saturated rings. The standard InChI is InChI=1S/C15H22N2O2/c1-12-3-4-14(15(9-12)18-2)17-6-5-16-7-8-19-11-13(16)10-17/h3-4,9,13H,5-8,10-11H2,1-2H3. The maximum absolute atomic E-state index is 5.60. The molecule has 2 saturated heterocycles. The Morgan fingerprint density at radius 2 is 2.16 bits per heavy atom. The molecule has 0 radical (unpaired) electrons. The number of hydrogen-bond acceptors (Lipinski definition) is 4. The number of ether oxygens (including phenoxy) is 2. The molecule has 19 heavy (non-hydrogen) atoms. The number of methoxy groups -OCH3 is 1. The van der Waals surface area contributed by atoms with Gasteiger partial charge >= 0.3 is 0 Å². The van der Waals surface area contributed by atoms with E-state index in [1.165, 1.54) is 11.3 Å². The summed E-state index contributed by atoms with van der Waals surface area (Å²) in [7, 11) is 1.75. The number of fused-ring (bicyclic) bond motifs is 1. The normalized spacial score (nSPS) is 24.1. The van der Waals surface area contributed by atoms with Crippen molar-refractivity contribution in [3.63, 3.8) is 0 Å².